The van der Waals surface area contributed by atoms with Crippen LogP contribution in [-0.2, 0) is 13.0 Å². The van der Waals surface area contributed by atoms with Gasteiger partial charge in [-0.2, -0.15) is 0 Å². The normalized spacial score (nSPS) is 19.5. The van der Waals surface area contributed by atoms with Crippen molar-refractivity contribution >= 4 is 0 Å². The van der Waals surface area contributed by atoms with Gasteiger partial charge < -0.3 is 5.32 Å². The molecule has 1 fully saturated rings. The van der Waals surface area contributed by atoms with Crippen LogP contribution in [0, 0.1) is 5.92 Å². The molecule has 2 heteroatoms. The third kappa shape index (κ3) is 4.32. The van der Waals surface area contributed by atoms with E-state index < -0.39 is 0 Å². The smallest absolute Gasteiger partial charge is 0.0237 e. The minimum Gasteiger partial charge on any atom is -0.315 e. The highest BCUT2D eigenvalue weighted by Gasteiger charge is 2.20. The number of rotatable bonds is 6. The summed E-state index contributed by atoms with van der Waals surface area (Å²) >= 11 is 0. The Morgan fingerprint density at radius 3 is 2.42 bits per heavy atom. The van der Waals surface area contributed by atoms with Gasteiger partial charge >= 0.3 is 0 Å². The molecule has 1 atom stereocenters. The van der Waals surface area contributed by atoms with Crippen molar-refractivity contribution in [3.8, 4) is 0 Å². The first-order valence-electron chi connectivity index (χ1n) is 7.71. The van der Waals surface area contributed by atoms with Crippen LogP contribution >= 0.6 is 0 Å². The van der Waals surface area contributed by atoms with Gasteiger partial charge in [0, 0.05) is 19.1 Å². The van der Waals surface area contributed by atoms with Crippen molar-refractivity contribution in [3.05, 3.63) is 35.4 Å². The molecule has 106 valence electrons. The SMILES string of the molecule is CCN(Cc1ccc(CC(C)C)cc1)C1CCNC1. The summed E-state index contributed by atoms with van der Waals surface area (Å²) in [7, 11) is 0. The maximum absolute atomic E-state index is 3.46. The second-order valence-corrected chi connectivity index (χ2v) is 6.12. The third-order valence-corrected chi connectivity index (χ3v) is 4.01. The molecule has 0 saturated carbocycles. The number of benzene rings is 1. The average molecular weight is 260 g/mol. The van der Waals surface area contributed by atoms with Crippen molar-refractivity contribution in [1.82, 2.24) is 10.2 Å². The summed E-state index contributed by atoms with van der Waals surface area (Å²) in [5.41, 5.74) is 2.91. The Morgan fingerprint density at radius 2 is 1.89 bits per heavy atom. The van der Waals surface area contributed by atoms with E-state index in [1.165, 1.54) is 30.5 Å². The molecule has 0 bridgehead atoms. The molecule has 1 saturated heterocycles. The summed E-state index contributed by atoms with van der Waals surface area (Å²) in [4.78, 5) is 2.59. The van der Waals surface area contributed by atoms with Gasteiger partial charge in [-0.1, -0.05) is 45.0 Å². The molecule has 1 N–H and O–H groups in total. The van der Waals surface area contributed by atoms with Crippen LogP contribution in [-0.4, -0.2) is 30.6 Å². The standard InChI is InChI=1S/C17H28N2/c1-4-19(17-9-10-18-12-17)13-16-7-5-15(6-8-16)11-14(2)3/h5-8,14,17-18H,4,9-13H2,1-3H3. The summed E-state index contributed by atoms with van der Waals surface area (Å²) in [6.07, 6.45) is 2.48. The zero-order valence-electron chi connectivity index (χ0n) is 12.7. The lowest BCUT2D eigenvalue weighted by Crippen LogP contribution is -2.36. The fourth-order valence-corrected chi connectivity index (χ4v) is 2.94. The molecule has 1 aliphatic rings. The summed E-state index contributed by atoms with van der Waals surface area (Å²) in [6, 6.07) is 9.94. The molecule has 1 heterocycles. The highest BCUT2D eigenvalue weighted by atomic mass is 15.2. The van der Waals surface area contributed by atoms with Crippen molar-refractivity contribution < 1.29 is 0 Å². The highest BCUT2D eigenvalue weighted by molar-refractivity contribution is 5.23. The maximum atomic E-state index is 3.46. The number of hydrogen-bond acceptors (Lipinski definition) is 2. The Morgan fingerprint density at radius 1 is 1.21 bits per heavy atom. The van der Waals surface area contributed by atoms with Crippen LogP contribution in [0.2, 0.25) is 0 Å². The minimum absolute atomic E-state index is 0.723. The van der Waals surface area contributed by atoms with Crippen molar-refractivity contribution in [3.63, 3.8) is 0 Å². The number of likely N-dealkylation sites (N-methyl/N-ethyl adjacent to an activating group) is 1. The Labute approximate surface area is 118 Å². The fraction of sp³-hybridized carbons (Fsp3) is 0.647. The second-order valence-electron chi connectivity index (χ2n) is 6.12. The quantitative estimate of drug-likeness (QED) is 0.845. The average Bonchev–Trinajstić information content (AvgIpc) is 2.91. The molecular weight excluding hydrogens is 232 g/mol. The van der Waals surface area contributed by atoms with Crippen molar-refractivity contribution in [2.45, 2.75) is 46.2 Å². The van der Waals surface area contributed by atoms with Gasteiger partial charge in [-0.25, -0.2) is 0 Å². The van der Waals surface area contributed by atoms with E-state index in [2.05, 4.69) is 55.3 Å². The van der Waals surface area contributed by atoms with E-state index in [4.69, 9.17) is 0 Å². The molecule has 0 spiro atoms. The molecule has 19 heavy (non-hydrogen) atoms. The van der Waals surface area contributed by atoms with Gasteiger partial charge in [-0.15, -0.1) is 0 Å². The second kappa shape index (κ2) is 7.06. The van der Waals surface area contributed by atoms with E-state index in [1.54, 1.807) is 0 Å². The summed E-state index contributed by atoms with van der Waals surface area (Å²) in [5, 5.41) is 3.46. The van der Waals surface area contributed by atoms with Gasteiger partial charge in [0.15, 0.2) is 0 Å². The molecule has 2 rings (SSSR count). The molecule has 1 aromatic rings. The lowest BCUT2D eigenvalue weighted by atomic mass is 10.0. The molecule has 0 amide bonds. The van der Waals surface area contributed by atoms with E-state index in [0.717, 1.165) is 31.6 Å². The Balaban J connectivity index is 1.93. The van der Waals surface area contributed by atoms with Gasteiger partial charge in [-0.3, -0.25) is 4.90 Å². The predicted octanol–water partition coefficient (Wildman–Crippen LogP) is 3.07. The zero-order chi connectivity index (χ0) is 13.7. The van der Waals surface area contributed by atoms with Crippen LogP contribution < -0.4 is 5.32 Å². The maximum Gasteiger partial charge on any atom is 0.0237 e. The van der Waals surface area contributed by atoms with Crippen LogP contribution in [0.3, 0.4) is 0 Å². The van der Waals surface area contributed by atoms with Gasteiger partial charge in [-0.05, 0) is 43.0 Å². The minimum atomic E-state index is 0.723. The first kappa shape index (κ1) is 14.5. The van der Waals surface area contributed by atoms with E-state index in [-0.39, 0.29) is 0 Å². The lowest BCUT2D eigenvalue weighted by Gasteiger charge is -2.27. The molecule has 1 unspecified atom stereocenters. The fourth-order valence-electron chi connectivity index (χ4n) is 2.94. The van der Waals surface area contributed by atoms with Crippen LogP contribution in [0.15, 0.2) is 24.3 Å². The van der Waals surface area contributed by atoms with E-state index >= 15 is 0 Å². The predicted molar refractivity (Wildman–Crippen MR) is 82.3 cm³/mol. The Bertz CT molecular complexity index is 363. The summed E-state index contributed by atoms with van der Waals surface area (Å²) in [5.74, 6) is 0.738. The van der Waals surface area contributed by atoms with Gasteiger partial charge in [0.2, 0.25) is 0 Å². The molecule has 1 aromatic carbocycles. The van der Waals surface area contributed by atoms with Gasteiger partial charge in [0.25, 0.3) is 0 Å². The third-order valence-electron chi connectivity index (χ3n) is 4.01. The molecule has 0 radical (unpaired) electrons. The van der Waals surface area contributed by atoms with Crippen LogP contribution in [0.5, 0.6) is 0 Å². The monoisotopic (exact) mass is 260 g/mol. The van der Waals surface area contributed by atoms with Gasteiger partial charge in [0.05, 0.1) is 0 Å². The Hall–Kier alpha value is -0.860. The topological polar surface area (TPSA) is 15.3 Å². The zero-order valence-corrected chi connectivity index (χ0v) is 12.7. The van der Waals surface area contributed by atoms with Gasteiger partial charge in [0.1, 0.15) is 0 Å². The highest BCUT2D eigenvalue weighted by Crippen LogP contribution is 2.15. The van der Waals surface area contributed by atoms with Crippen molar-refractivity contribution in [2.75, 3.05) is 19.6 Å². The number of hydrogen-bond donors (Lipinski definition) is 1. The van der Waals surface area contributed by atoms with Crippen LogP contribution in [0.25, 0.3) is 0 Å². The van der Waals surface area contributed by atoms with E-state index in [1.807, 2.05) is 0 Å². The van der Waals surface area contributed by atoms with E-state index in [0.29, 0.717) is 0 Å². The molecule has 0 aliphatic carbocycles. The van der Waals surface area contributed by atoms with Crippen LogP contribution in [0.4, 0.5) is 0 Å². The Kier molecular flexibility index (Phi) is 5.41. The van der Waals surface area contributed by atoms with Crippen LogP contribution in [0.1, 0.15) is 38.3 Å². The van der Waals surface area contributed by atoms with Crippen molar-refractivity contribution in [1.29, 1.82) is 0 Å². The first-order chi connectivity index (χ1) is 9.19. The lowest BCUT2D eigenvalue weighted by molar-refractivity contribution is 0.210. The number of nitrogens with one attached hydrogen (secondary N) is 1. The molecular formula is C17H28N2. The van der Waals surface area contributed by atoms with E-state index in [9.17, 15) is 0 Å². The summed E-state index contributed by atoms with van der Waals surface area (Å²) < 4.78 is 0. The first-order valence-corrected chi connectivity index (χ1v) is 7.71. The summed E-state index contributed by atoms with van der Waals surface area (Å²) in [6.45, 7) is 11.4. The largest absolute Gasteiger partial charge is 0.315 e. The number of nitrogens with zero attached hydrogens (tertiary/aromatic N) is 1. The van der Waals surface area contributed by atoms with Crippen molar-refractivity contribution in [2.24, 2.45) is 5.92 Å². The molecule has 0 aromatic heterocycles. The molecule has 2 nitrogen and oxygen atoms in total. The molecule has 1 aliphatic heterocycles.